The molecule has 0 saturated carbocycles. The summed E-state index contributed by atoms with van der Waals surface area (Å²) in [4.78, 5) is 9.37. The first-order valence-corrected chi connectivity index (χ1v) is 6.94. The number of hydrogen-bond acceptors (Lipinski definition) is 5. The van der Waals surface area contributed by atoms with Crippen LogP contribution in [0.3, 0.4) is 0 Å². The summed E-state index contributed by atoms with van der Waals surface area (Å²) >= 11 is 0. The second-order valence-corrected chi connectivity index (χ2v) is 4.57. The van der Waals surface area contributed by atoms with Gasteiger partial charge in [0.15, 0.2) is 0 Å². The zero-order chi connectivity index (χ0) is 15.9. The summed E-state index contributed by atoms with van der Waals surface area (Å²) in [6, 6.07) is 1.48. The molecule has 1 heterocycles. The van der Waals surface area contributed by atoms with E-state index in [2.05, 4.69) is 15.3 Å². The first-order valence-electron chi connectivity index (χ1n) is 6.94. The van der Waals surface area contributed by atoms with Gasteiger partial charge >= 0.3 is 6.18 Å². The Labute approximate surface area is 122 Å². The van der Waals surface area contributed by atoms with Crippen LogP contribution in [0.4, 0.5) is 24.8 Å². The van der Waals surface area contributed by atoms with Gasteiger partial charge in [-0.2, -0.15) is 13.2 Å². The number of hydrogen-bond donors (Lipinski definition) is 2. The first-order chi connectivity index (χ1) is 9.89. The van der Waals surface area contributed by atoms with Crippen molar-refractivity contribution in [3.05, 3.63) is 11.9 Å². The van der Waals surface area contributed by atoms with Crippen molar-refractivity contribution >= 4 is 11.6 Å². The van der Waals surface area contributed by atoms with Gasteiger partial charge in [0.25, 0.3) is 0 Å². The summed E-state index contributed by atoms with van der Waals surface area (Å²) in [5.74, 6) is 1.15. The summed E-state index contributed by atoms with van der Waals surface area (Å²) in [7, 11) is 0. The highest BCUT2D eigenvalue weighted by molar-refractivity contribution is 5.49. The van der Waals surface area contributed by atoms with E-state index >= 15 is 0 Å². The molecule has 0 unspecified atom stereocenters. The fourth-order valence-electron chi connectivity index (χ4n) is 1.76. The monoisotopic (exact) mass is 306 g/mol. The molecule has 8 heteroatoms. The van der Waals surface area contributed by atoms with Crippen molar-refractivity contribution in [3.8, 4) is 0 Å². The van der Waals surface area contributed by atoms with Crippen LogP contribution >= 0.6 is 0 Å². The molecule has 120 valence electrons. The zero-order valence-corrected chi connectivity index (χ0v) is 12.2. The van der Waals surface area contributed by atoms with Gasteiger partial charge in [-0.1, -0.05) is 13.8 Å². The van der Waals surface area contributed by atoms with Crippen molar-refractivity contribution in [2.75, 3.05) is 36.5 Å². The van der Waals surface area contributed by atoms with E-state index in [9.17, 15) is 13.2 Å². The maximum Gasteiger partial charge on any atom is 0.405 e. The van der Waals surface area contributed by atoms with Gasteiger partial charge in [-0.25, -0.2) is 9.97 Å². The number of aliphatic hydroxyl groups excluding tert-OH is 1. The number of aryl methyl sites for hydroxylation is 1. The molecule has 0 aromatic carbocycles. The fraction of sp³-hybridized carbons (Fsp3) is 0.692. The second kappa shape index (κ2) is 8.02. The average molecular weight is 306 g/mol. The summed E-state index contributed by atoms with van der Waals surface area (Å²) in [6.45, 7) is 2.84. The van der Waals surface area contributed by atoms with E-state index in [1.165, 1.54) is 6.07 Å². The molecule has 0 spiro atoms. The number of aliphatic hydroxyl groups is 1. The number of rotatable bonds is 8. The number of aromatic nitrogens is 2. The molecule has 0 aliphatic carbocycles. The van der Waals surface area contributed by atoms with Crippen molar-refractivity contribution in [1.82, 2.24) is 9.97 Å². The molecule has 5 nitrogen and oxygen atoms in total. The van der Waals surface area contributed by atoms with E-state index in [4.69, 9.17) is 5.11 Å². The van der Waals surface area contributed by atoms with Crippen LogP contribution in [-0.2, 0) is 6.42 Å². The Morgan fingerprint density at radius 3 is 2.52 bits per heavy atom. The molecule has 21 heavy (non-hydrogen) atoms. The summed E-state index contributed by atoms with van der Waals surface area (Å²) in [5, 5.41) is 12.0. The molecule has 1 aromatic heterocycles. The SMILES string of the molecule is CCCNc1cc(N(CCO)CC(F)(F)F)nc(CC)n1. The number of anilines is 2. The van der Waals surface area contributed by atoms with Crippen LogP contribution in [0, 0.1) is 0 Å². The molecular weight excluding hydrogens is 285 g/mol. The highest BCUT2D eigenvalue weighted by atomic mass is 19.4. The van der Waals surface area contributed by atoms with Crippen LogP contribution in [0.5, 0.6) is 0 Å². The average Bonchev–Trinajstić information content (AvgIpc) is 2.43. The topological polar surface area (TPSA) is 61.3 Å². The van der Waals surface area contributed by atoms with Crippen molar-refractivity contribution in [2.45, 2.75) is 32.9 Å². The Kier molecular flexibility index (Phi) is 6.67. The van der Waals surface area contributed by atoms with Gasteiger partial charge in [-0.3, -0.25) is 0 Å². The molecular formula is C13H21F3N4O. The Morgan fingerprint density at radius 2 is 2.00 bits per heavy atom. The Balaban J connectivity index is 3.04. The van der Waals surface area contributed by atoms with Crippen molar-refractivity contribution < 1.29 is 18.3 Å². The molecule has 0 radical (unpaired) electrons. The molecule has 1 rings (SSSR count). The van der Waals surface area contributed by atoms with Crippen LogP contribution < -0.4 is 10.2 Å². The van der Waals surface area contributed by atoms with Crippen LogP contribution in [0.2, 0.25) is 0 Å². The van der Waals surface area contributed by atoms with Crippen LogP contribution in [-0.4, -0.2) is 47.5 Å². The smallest absolute Gasteiger partial charge is 0.395 e. The van der Waals surface area contributed by atoms with Gasteiger partial charge in [-0.05, 0) is 6.42 Å². The predicted molar refractivity (Wildman–Crippen MR) is 75.5 cm³/mol. The predicted octanol–water partition coefficient (Wildman–Crippen LogP) is 2.22. The third kappa shape index (κ3) is 6.16. The summed E-state index contributed by atoms with van der Waals surface area (Å²) in [5.41, 5.74) is 0. The largest absolute Gasteiger partial charge is 0.405 e. The molecule has 2 N–H and O–H groups in total. The number of nitrogens with zero attached hydrogens (tertiary/aromatic N) is 3. The van der Waals surface area contributed by atoms with Gasteiger partial charge in [-0.15, -0.1) is 0 Å². The molecule has 0 saturated heterocycles. The van der Waals surface area contributed by atoms with Crippen molar-refractivity contribution in [1.29, 1.82) is 0 Å². The molecule has 1 aromatic rings. The number of alkyl halides is 3. The van der Waals surface area contributed by atoms with Crippen LogP contribution in [0.1, 0.15) is 26.1 Å². The quantitative estimate of drug-likeness (QED) is 0.771. The maximum atomic E-state index is 12.6. The fourth-order valence-corrected chi connectivity index (χ4v) is 1.76. The molecule has 0 bridgehead atoms. The number of nitrogens with one attached hydrogen (secondary N) is 1. The Morgan fingerprint density at radius 1 is 1.29 bits per heavy atom. The minimum absolute atomic E-state index is 0.132. The second-order valence-electron chi connectivity index (χ2n) is 4.57. The third-order valence-corrected chi connectivity index (χ3v) is 2.70. The first kappa shape index (κ1) is 17.5. The van der Waals surface area contributed by atoms with E-state index in [-0.39, 0.29) is 19.0 Å². The summed E-state index contributed by atoms with van der Waals surface area (Å²) < 4.78 is 37.9. The van der Waals surface area contributed by atoms with Gasteiger partial charge in [0, 0.05) is 25.6 Å². The lowest BCUT2D eigenvalue weighted by Crippen LogP contribution is -2.37. The highest BCUT2D eigenvalue weighted by Gasteiger charge is 2.31. The van der Waals surface area contributed by atoms with Crippen molar-refractivity contribution in [3.63, 3.8) is 0 Å². The number of halogens is 3. The molecule has 0 amide bonds. The zero-order valence-electron chi connectivity index (χ0n) is 12.2. The highest BCUT2D eigenvalue weighted by Crippen LogP contribution is 2.22. The molecule has 0 aliphatic heterocycles. The van der Waals surface area contributed by atoms with E-state index in [1.807, 2.05) is 13.8 Å². The van der Waals surface area contributed by atoms with Gasteiger partial charge in [0.1, 0.15) is 24.0 Å². The lowest BCUT2D eigenvalue weighted by molar-refractivity contribution is -0.120. The standard InChI is InChI=1S/C13H21F3N4O/c1-3-5-17-11-8-12(19-10(4-2)18-11)20(6-7-21)9-13(14,15)16/h8,21H,3-7,9H2,1-2H3,(H,17,18,19). The van der Waals surface area contributed by atoms with E-state index in [1.54, 1.807) is 0 Å². The van der Waals surface area contributed by atoms with Crippen LogP contribution in [0.25, 0.3) is 0 Å². The minimum Gasteiger partial charge on any atom is -0.395 e. The van der Waals surface area contributed by atoms with E-state index in [0.29, 0.717) is 24.6 Å². The molecule has 0 aliphatic rings. The minimum atomic E-state index is -4.36. The molecule has 0 fully saturated rings. The normalized spacial score (nSPS) is 11.5. The Bertz CT molecular complexity index is 440. The lowest BCUT2D eigenvalue weighted by atomic mass is 10.3. The Hall–Kier alpha value is -1.57. The van der Waals surface area contributed by atoms with Gasteiger partial charge in [0.2, 0.25) is 0 Å². The van der Waals surface area contributed by atoms with Gasteiger partial charge < -0.3 is 15.3 Å². The lowest BCUT2D eigenvalue weighted by Gasteiger charge is -2.24. The third-order valence-electron chi connectivity index (χ3n) is 2.70. The van der Waals surface area contributed by atoms with E-state index < -0.39 is 12.7 Å². The molecule has 0 atom stereocenters. The van der Waals surface area contributed by atoms with Crippen LogP contribution in [0.15, 0.2) is 6.07 Å². The maximum absolute atomic E-state index is 12.6. The summed E-state index contributed by atoms with van der Waals surface area (Å²) in [6.07, 6.45) is -2.96. The van der Waals surface area contributed by atoms with Gasteiger partial charge in [0.05, 0.1) is 6.61 Å². The van der Waals surface area contributed by atoms with E-state index in [0.717, 1.165) is 11.3 Å². The van der Waals surface area contributed by atoms with Crippen molar-refractivity contribution in [2.24, 2.45) is 0 Å².